The smallest absolute Gasteiger partial charge is 0.309 e. The van der Waals surface area contributed by atoms with Gasteiger partial charge >= 0.3 is 5.97 Å². The van der Waals surface area contributed by atoms with E-state index in [2.05, 4.69) is 41.6 Å². The zero-order valence-corrected chi connectivity index (χ0v) is 17.0. The molecule has 1 aliphatic heterocycles. The van der Waals surface area contributed by atoms with Crippen LogP contribution >= 0.6 is 0 Å². The Morgan fingerprint density at radius 1 is 1.32 bits per heavy atom. The van der Waals surface area contributed by atoms with Gasteiger partial charge in [-0.2, -0.15) is 0 Å². The molecule has 0 bridgehead atoms. The summed E-state index contributed by atoms with van der Waals surface area (Å²) in [5.41, 5.74) is 2.16. The third-order valence-corrected chi connectivity index (χ3v) is 5.31. The van der Waals surface area contributed by atoms with E-state index in [9.17, 15) is 4.79 Å². The van der Waals surface area contributed by atoms with E-state index in [1.807, 2.05) is 18.2 Å². The molecule has 0 amide bonds. The van der Waals surface area contributed by atoms with Gasteiger partial charge in [0, 0.05) is 26.2 Å². The molecule has 28 heavy (non-hydrogen) atoms. The molecule has 3 rings (SSSR count). The number of aryl methyl sites for hydroxylation is 1. The van der Waals surface area contributed by atoms with Crippen molar-refractivity contribution in [3.8, 4) is 0 Å². The number of rotatable bonds is 4. The van der Waals surface area contributed by atoms with E-state index in [0.29, 0.717) is 6.04 Å². The van der Waals surface area contributed by atoms with E-state index >= 15 is 0 Å². The Bertz CT molecular complexity index is 790. The van der Waals surface area contributed by atoms with E-state index in [-0.39, 0.29) is 18.4 Å². The molecule has 0 unspecified atom stereocenters. The molecule has 1 aromatic heterocycles. The summed E-state index contributed by atoms with van der Waals surface area (Å²) in [5, 5.41) is 6.89. The van der Waals surface area contributed by atoms with Gasteiger partial charge in [0.05, 0.1) is 30.6 Å². The normalized spacial score (nSPS) is 20.3. The fourth-order valence-electron chi connectivity index (χ4n) is 3.71. The molecule has 1 fully saturated rings. The third kappa shape index (κ3) is 5.30. The van der Waals surface area contributed by atoms with Crippen LogP contribution in [0, 0.1) is 5.92 Å². The summed E-state index contributed by atoms with van der Waals surface area (Å²) in [6, 6.07) is 8.62. The number of hydrogen-bond donors (Lipinski definition) is 1. The molecule has 1 aromatic carbocycles. The Hall–Kier alpha value is -2.45. The molecule has 1 N–H and O–H groups in total. The van der Waals surface area contributed by atoms with Crippen molar-refractivity contribution in [1.29, 1.82) is 0 Å². The second-order valence-corrected chi connectivity index (χ2v) is 7.29. The molecule has 0 radical (unpaired) electrons. The van der Waals surface area contributed by atoms with Crippen molar-refractivity contribution < 1.29 is 19.4 Å². The number of para-hydroxylation sites is 2. The maximum atomic E-state index is 12.1. The quantitative estimate of drug-likeness (QED) is 0.626. The first-order valence-corrected chi connectivity index (χ1v) is 9.36. The second-order valence-electron chi connectivity index (χ2n) is 7.29. The third-order valence-electron chi connectivity index (χ3n) is 5.31. The highest BCUT2D eigenvalue weighted by Gasteiger charge is 2.30. The molecule has 0 saturated carbocycles. The van der Waals surface area contributed by atoms with Gasteiger partial charge in [0.1, 0.15) is 5.82 Å². The number of carbonyl (C=O) groups is 2. The number of likely N-dealkylation sites (N-methyl/N-ethyl adjacent to an activating group) is 1. The van der Waals surface area contributed by atoms with Crippen molar-refractivity contribution in [3.63, 3.8) is 0 Å². The molecule has 154 valence electrons. The molecule has 0 aliphatic carbocycles. The summed E-state index contributed by atoms with van der Waals surface area (Å²) < 4.78 is 7.16. The highest BCUT2D eigenvalue weighted by molar-refractivity contribution is 5.75. The fraction of sp³-hybridized carbons (Fsp3) is 0.550. The Balaban J connectivity index is 0.000000878. The monoisotopic (exact) mass is 390 g/mol. The van der Waals surface area contributed by atoms with Crippen molar-refractivity contribution in [2.75, 3.05) is 34.3 Å². The summed E-state index contributed by atoms with van der Waals surface area (Å²) in [4.78, 5) is 29.9. The first-order chi connectivity index (χ1) is 13.4. The van der Waals surface area contributed by atoms with Crippen LogP contribution in [-0.4, -0.2) is 77.2 Å². The van der Waals surface area contributed by atoms with E-state index in [1.165, 1.54) is 7.11 Å². The molecule has 2 aromatic rings. The van der Waals surface area contributed by atoms with Gasteiger partial charge in [0.25, 0.3) is 6.47 Å². The summed E-state index contributed by atoms with van der Waals surface area (Å²) in [6.07, 6.45) is 1.88. The number of likely N-dealkylation sites (tertiary alicyclic amines) is 1. The van der Waals surface area contributed by atoms with Crippen molar-refractivity contribution in [2.45, 2.75) is 25.4 Å². The van der Waals surface area contributed by atoms with Crippen molar-refractivity contribution in [3.05, 3.63) is 30.1 Å². The van der Waals surface area contributed by atoms with E-state index in [1.54, 1.807) is 0 Å². The highest BCUT2D eigenvalue weighted by Crippen LogP contribution is 2.23. The van der Waals surface area contributed by atoms with Crippen molar-refractivity contribution >= 4 is 23.5 Å². The minimum atomic E-state index is -0.250. The molecule has 1 saturated heterocycles. The van der Waals surface area contributed by atoms with Crippen LogP contribution in [0.4, 0.5) is 0 Å². The summed E-state index contributed by atoms with van der Waals surface area (Å²) in [5.74, 6) is 0.864. The second kappa shape index (κ2) is 10.2. The van der Waals surface area contributed by atoms with Crippen LogP contribution in [0.15, 0.2) is 24.3 Å². The zero-order valence-electron chi connectivity index (χ0n) is 17.0. The highest BCUT2D eigenvalue weighted by atomic mass is 16.5. The fourth-order valence-corrected chi connectivity index (χ4v) is 3.71. The number of methoxy groups -OCH3 is 1. The van der Waals surface area contributed by atoms with E-state index < -0.39 is 0 Å². The largest absolute Gasteiger partial charge is 0.483 e. The SMILES string of the molecule is COC(=O)[C@H]1CC[C@@H](N(C)C)CN(Cc2nc3ccccc3n2C)C1.O=CO. The number of nitrogens with zero attached hydrogens (tertiary/aromatic N) is 4. The van der Waals surface area contributed by atoms with Crippen LogP contribution in [0.1, 0.15) is 18.7 Å². The lowest BCUT2D eigenvalue weighted by Crippen LogP contribution is -2.40. The molecular formula is C20H30N4O4. The molecule has 1 aliphatic rings. The zero-order chi connectivity index (χ0) is 20.7. The number of benzene rings is 1. The van der Waals surface area contributed by atoms with Gasteiger partial charge < -0.3 is 19.3 Å². The first-order valence-electron chi connectivity index (χ1n) is 9.36. The van der Waals surface area contributed by atoms with Gasteiger partial charge in [-0.1, -0.05) is 12.1 Å². The van der Waals surface area contributed by atoms with E-state index in [4.69, 9.17) is 19.6 Å². The van der Waals surface area contributed by atoms with Crippen LogP contribution in [0.5, 0.6) is 0 Å². The van der Waals surface area contributed by atoms with Crippen molar-refractivity contribution in [2.24, 2.45) is 13.0 Å². The molecule has 8 heteroatoms. The average Bonchev–Trinajstić information content (AvgIpc) is 2.85. The minimum Gasteiger partial charge on any atom is -0.483 e. The maximum Gasteiger partial charge on any atom is 0.309 e. The molecule has 0 spiro atoms. The van der Waals surface area contributed by atoms with Gasteiger partial charge in [-0.05, 0) is 39.1 Å². The van der Waals surface area contributed by atoms with E-state index in [0.717, 1.165) is 49.3 Å². The molecular weight excluding hydrogens is 360 g/mol. The lowest BCUT2D eigenvalue weighted by atomic mass is 10.0. The summed E-state index contributed by atoms with van der Waals surface area (Å²) >= 11 is 0. The van der Waals surface area contributed by atoms with Crippen LogP contribution in [0.25, 0.3) is 11.0 Å². The van der Waals surface area contributed by atoms with Gasteiger partial charge in [0.15, 0.2) is 0 Å². The summed E-state index contributed by atoms with van der Waals surface area (Å²) in [7, 11) is 7.75. The molecule has 2 heterocycles. The van der Waals surface area contributed by atoms with Crippen molar-refractivity contribution in [1.82, 2.24) is 19.4 Å². The Kier molecular flexibility index (Phi) is 7.95. The number of ether oxygens (including phenoxy) is 1. The van der Waals surface area contributed by atoms with Gasteiger partial charge in [0.2, 0.25) is 0 Å². The standard InChI is InChI=1S/C19H28N4O2.CH2O2/c1-21(2)15-10-9-14(19(24)25-4)11-23(12-15)13-18-20-16-7-5-6-8-17(16)22(18)3;2-1-3/h5-8,14-15H,9-13H2,1-4H3;1H,(H,2,3)/t14-,15+;/m0./s1. The number of carbonyl (C=O) groups excluding carboxylic acids is 1. The predicted octanol–water partition coefficient (Wildman–Crippen LogP) is 1.59. The van der Waals surface area contributed by atoms with Crippen LogP contribution in [0.3, 0.4) is 0 Å². The lowest BCUT2D eigenvalue weighted by molar-refractivity contribution is -0.146. The predicted molar refractivity (Wildman–Crippen MR) is 107 cm³/mol. The Morgan fingerprint density at radius 3 is 2.61 bits per heavy atom. The van der Waals surface area contributed by atoms with Gasteiger partial charge in [-0.25, -0.2) is 4.98 Å². The average molecular weight is 390 g/mol. The van der Waals surface area contributed by atoms with Crippen LogP contribution < -0.4 is 0 Å². The number of imidazole rings is 1. The number of esters is 1. The number of hydrogen-bond acceptors (Lipinski definition) is 6. The van der Waals surface area contributed by atoms with Gasteiger partial charge in [-0.15, -0.1) is 0 Å². The lowest BCUT2D eigenvalue weighted by Gasteiger charge is -2.28. The van der Waals surface area contributed by atoms with Crippen LogP contribution in [-0.2, 0) is 27.9 Å². The molecule has 2 atom stereocenters. The van der Waals surface area contributed by atoms with Gasteiger partial charge in [-0.3, -0.25) is 14.5 Å². The Labute approximate surface area is 165 Å². The number of fused-ring (bicyclic) bond motifs is 1. The minimum absolute atomic E-state index is 0.0652. The first kappa shape index (κ1) is 21.8. The van der Waals surface area contributed by atoms with Crippen LogP contribution in [0.2, 0.25) is 0 Å². The number of aromatic nitrogens is 2. The molecule has 8 nitrogen and oxygen atoms in total. The Morgan fingerprint density at radius 2 is 2.00 bits per heavy atom. The topological polar surface area (TPSA) is 87.9 Å². The summed E-state index contributed by atoms with van der Waals surface area (Å²) in [6.45, 7) is 2.15. The number of carboxylic acid groups (broad SMARTS) is 1. The maximum absolute atomic E-state index is 12.1.